The summed E-state index contributed by atoms with van der Waals surface area (Å²) in [4.78, 5) is 31.0. The molecule has 3 aromatic rings. The molecule has 0 bridgehead atoms. The molecule has 0 aliphatic carbocycles. The van der Waals surface area contributed by atoms with E-state index in [-0.39, 0.29) is 12.1 Å². The fraction of sp³-hybridized carbons (Fsp3) is 0.0667. The summed E-state index contributed by atoms with van der Waals surface area (Å²) >= 11 is 1.38. The maximum Gasteiger partial charge on any atom is 0.404 e. The first-order chi connectivity index (χ1) is 10.6. The van der Waals surface area contributed by atoms with Gasteiger partial charge in [0.25, 0.3) is 5.56 Å². The number of carbonyl (C=O) groups is 1. The van der Waals surface area contributed by atoms with Crippen LogP contribution in [0, 0.1) is 0 Å². The van der Waals surface area contributed by atoms with E-state index >= 15 is 0 Å². The summed E-state index contributed by atoms with van der Waals surface area (Å²) in [7, 11) is 0. The van der Waals surface area contributed by atoms with Crippen molar-refractivity contribution in [1.29, 1.82) is 0 Å². The molecule has 0 spiro atoms. The number of amides is 1. The van der Waals surface area contributed by atoms with Crippen LogP contribution >= 0.6 is 11.3 Å². The van der Waals surface area contributed by atoms with Crippen molar-refractivity contribution in [1.82, 2.24) is 15.3 Å². The normalized spacial score (nSPS) is 10.5. The molecule has 1 aromatic carbocycles. The minimum atomic E-state index is -1.11. The van der Waals surface area contributed by atoms with Crippen LogP contribution < -0.4 is 10.9 Å². The number of rotatable bonds is 3. The molecule has 0 aliphatic heterocycles. The first kappa shape index (κ1) is 14.2. The van der Waals surface area contributed by atoms with Crippen molar-refractivity contribution in [2.75, 3.05) is 0 Å². The summed E-state index contributed by atoms with van der Waals surface area (Å²) in [6.07, 6.45) is -1.11. The van der Waals surface area contributed by atoms with Gasteiger partial charge in [0.15, 0.2) is 0 Å². The van der Waals surface area contributed by atoms with E-state index in [1.165, 1.54) is 11.3 Å². The van der Waals surface area contributed by atoms with E-state index in [0.29, 0.717) is 21.8 Å². The van der Waals surface area contributed by atoms with Gasteiger partial charge in [-0.1, -0.05) is 18.2 Å². The largest absolute Gasteiger partial charge is 0.465 e. The number of carboxylic acid groups (broad SMARTS) is 1. The van der Waals surface area contributed by atoms with E-state index in [4.69, 9.17) is 5.11 Å². The Balaban J connectivity index is 2.02. The van der Waals surface area contributed by atoms with Crippen LogP contribution in [-0.4, -0.2) is 21.2 Å². The van der Waals surface area contributed by atoms with Crippen molar-refractivity contribution < 1.29 is 9.90 Å². The third kappa shape index (κ3) is 2.94. The summed E-state index contributed by atoms with van der Waals surface area (Å²) in [5.41, 5.74) is 0.826. The van der Waals surface area contributed by atoms with E-state index in [1.54, 1.807) is 30.3 Å². The molecule has 3 rings (SSSR count). The summed E-state index contributed by atoms with van der Waals surface area (Å²) < 4.78 is 0.841. The van der Waals surface area contributed by atoms with Gasteiger partial charge in [0.2, 0.25) is 0 Å². The molecule has 1 amide bonds. The molecule has 0 saturated heterocycles. The predicted molar refractivity (Wildman–Crippen MR) is 84.0 cm³/mol. The van der Waals surface area contributed by atoms with Crippen LogP contribution in [0.15, 0.2) is 47.3 Å². The molecule has 7 heteroatoms. The van der Waals surface area contributed by atoms with Gasteiger partial charge in [-0.3, -0.25) is 4.79 Å². The second-order valence-corrected chi connectivity index (χ2v) is 5.52. The molecule has 2 heterocycles. The van der Waals surface area contributed by atoms with Crippen molar-refractivity contribution in [2.45, 2.75) is 6.54 Å². The summed E-state index contributed by atoms with van der Waals surface area (Å²) in [6, 6.07) is 12.5. The second kappa shape index (κ2) is 5.90. The van der Waals surface area contributed by atoms with Gasteiger partial charge in [-0.2, -0.15) is 4.98 Å². The molecule has 0 aliphatic rings. The summed E-state index contributed by atoms with van der Waals surface area (Å²) in [6.45, 7) is 0.103. The predicted octanol–water partition coefficient (Wildman–Crippen LogP) is 2.49. The van der Waals surface area contributed by atoms with E-state index in [1.807, 2.05) is 12.1 Å². The Morgan fingerprint density at radius 1 is 1.14 bits per heavy atom. The number of pyridine rings is 1. The van der Waals surface area contributed by atoms with Gasteiger partial charge in [0, 0.05) is 4.70 Å². The average Bonchev–Trinajstić information content (AvgIpc) is 2.53. The molecule has 0 fully saturated rings. The highest BCUT2D eigenvalue weighted by Crippen LogP contribution is 2.24. The Morgan fingerprint density at radius 3 is 2.77 bits per heavy atom. The molecule has 6 nitrogen and oxygen atoms in total. The Hall–Kier alpha value is -2.80. The standard InChI is InChI=1S/C15H11N3O3S/c19-13-10-5-1-2-7-12(10)22-14(18-13)11-6-3-4-9(17-11)8-16-15(20)21/h1-7,16H,8H2,(H,20,21). The van der Waals surface area contributed by atoms with E-state index in [9.17, 15) is 9.59 Å². The summed E-state index contributed by atoms with van der Waals surface area (Å²) in [5.74, 6) is 0. The molecule has 0 radical (unpaired) electrons. The zero-order valence-electron chi connectivity index (χ0n) is 11.3. The van der Waals surface area contributed by atoms with E-state index in [2.05, 4.69) is 15.3 Å². The molecular formula is C15H11N3O3S. The number of fused-ring (bicyclic) bond motifs is 1. The third-order valence-corrected chi connectivity index (χ3v) is 4.04. The van der Waals surface area contributed by atoms with Gasteiger partial charge in [0.1, 0.15) is 5.01 Å². The van der Waals surface area contributed by atoms with Crippen LogP contribution in [0.2, 0.25) is 0 Å². The van der Waals surface area contributed by atoms with Crippen LogP contribution in [-0.2, 0) is 6.54 Å². The third-order valence-electron chi connectivity index (χ3n) is 2.97. The fourth-order valence-electron chi connectivity index (χ4n) is 1.98. The highest BCUT2D eigenvalue weighted by Gasteiger charge is 2.08. The molecule has 0 saturated carbocycles. The van der Waals surface area contributed by atoms with Crippen molar-refractivity contribution in [3.8, 4) is 10.7 Å². The molecular weight excluding hydrogens is 302 g/mol. The maximum absolute atomic E-state index is 12.1. The Labute approximate surface area is 129 Å². The lowest BCUT2D eigenvalue weighted by Gasteiger charge is -2.04. The number of nitrogens with zero attached hydrogens (tertiary/aromatic N) is 2. The zero-order chi connectivity index (χ0) is 15.5. The first-order valence-electron chi connectivity index (χ1n) is 6.46. The van der Waals surface area contributed by atoms with E-state index < -0.39 is 6.09 Å². The minimum Gasteiger partial charge on any atom is -0.465 e. The number of benzene rings is 1. The molecule has 2 N–H and O–H groups in total. The molecule has 2 aromatic heterocycles. The Morgan fingerprint density at radius 2 is 1.95 bits per heavy atom. The topological polar surface area (TPSA) is 92.2 Å². The van der Waals surface area contributed by atoms with Crippen LogP contribution in [0.3, 0.4) is 0 Å². The fourth-order valence-corrected chi connectivity index (χ4v) is 2.95. The number of hydrogen-bond donors (Lipinski definition) is 2. The monoisotopic (exact) mass is 313 g/mol. The Kier molecular flexibility index (Phi) is 3.80. The lowest BCUT2D eigenvalue weighted by Crippen LogP contribution is -2.20. The number of aromatic nitrogens is 2. The smallest absolute Gasteiger partial charge is 0.404 e. The molecule has 0 unspecified atom stereocenters. The molecule has 110 valence electrons. The van der Waals surface area contributed by atoms with Crippen LogP contribution in [0.4, 0.5) is 4.79 Å². The van der Waals surface area contributed by atoms with Crippen molar-refractivity contribution in [2.24, 2.45) is 0 Å². The first-order valence-corrected chi connectivity index (χ1v) is 7.28. The van der Waals surface area contributed by atoms with Gasteiger partial charge in [-0.15, -0.1) is 11.3 Å². The number of nitrogens with one attached hydrogen (secondary N) is 1. The van der Waals surface area contributed by atoms with Crippen LogP contribution in [0.25, 0.3) is 20.8 Å². The van der Waals surface area contributed by atoms with Crippen LogP contribution in [0.1, 0.15) is 5.69 Å². The van der Waals surface area contributed by atoms with Gasteiger partial charge in [-0.25, -0.2) is 9.78 Å². The maximum atomic E-state index is 12.1. The van der Waals surface area contributed by atoms with Gasteiger partial charge >= 0.3 is 6.09 Å². The molecule has 22 heavy (non-hydrogen) atoms. The van der Waals surface area contributed by atoms with Crippen molar-refractivity contribution in [3.63, 3.8) is 0 Å². The van der Waals surface area contributed by atoms with Crippen molar-refractivity contribution >= 4 is 27.5 Å². The van der Waals surface area contributed by atoms with Crippen LogP contribution in [0.5, 0.6) is 0 Å². The minimum absolute atomic E-state index is 0.103. The van der Waals surface area contributed by atoms with Crippen molar-refractivity contribution in [3.05, 3.63) is 58.5 Å². The van der Waals surface area contributed by atoms with Gasteiger partial charge in [-0.05, 0) is 24.3 Å². The highest BCUT2D eigenvalue weighted by molar-refractivity contribution is 7.21. The second-order valence-electron chi connectivity index (χ2n) is 4.49. The quantitative estimate of drug-likeness (QED) is 0.775. The number of hydrogen-bond acceptors (Lipinski definition) is 5. The average molecular weight is 313 g/mol. The zero-order valence-corrected chi connectivity index (χ0v) is 12.1. The molecule has 0 atom stereocenters. The van der Waals surface area contributed by atoms with Gasteiger partial charge in [0.05, 0.1) is 23.3 Å². The highest BCUT2D eigenvalue weighted by atomic mass is 32.1. The summed E-state index contributed by atoms with van der Waals surface area (Å²) in [5, 5.41) is 12.0. The van der Waals surface area contributed by atoms with Gasteiger partial charge < -0.3 is 10.4 Å². The lowest BCUT2D eigenvalue weighted by atomic mass is 10.3. The van der Waals surface area contributed by atoms with E-state index in [0.717, 1.165) is 4.70 Å². The Bertz CT molecular complexity index is 908. The SMILES string of the molecule is O=C(O)NCc1cccc(-c2nc(=O)c3ccccc3s2)n1. The lowest BCUT2D eigenvalue weighted by molar-refractivity contribution is 0.194.